The molecule has 13 heavy (non-hydrogen) atoms. The summed E-state index contributed by atoms with van der Waals surface area (Å²) in [5, 5.41) is 0.615. The lowest BCUT2D eigenvalue weighted by Crippen LogP contribution is -2.04. The van der Waals surface area contributed by atoms with E-state index >= 15 is 0 Å². The zero-order valence-electron chi connectivity index (χ0n) is 7.76. The first-order valence-corrected chi connectivity index (χ1v) is 4.78. The maximum atomic E-state index is 5.81. The van der Waals surface area contributed by atoms with Gasteiger partial charge in [0.2, 0.25) is 0 Å². The molecule has 0 aliphatic heterocycles. The van der Waals surface area contributed by atoms with Crippen molar-refractivity contribution in [2.75, 3.05) is 12.3 Å². The largest absolute Gasteiger partial charge is 0.398 e. The molecule has 0 radical (unpaired) electrons. The lowest BCUT2D eigenvalue weighted by molar-refractivity contribution is 0.690. The number of halogens is 1. The van der Waals surface area contributed by atoms with Crippen LogP contribution >= 0.6 is 11.6 Å². The van der Waals surface area contributed by atoms with Gasteiger partial charge in [-0.05, 0) is 36.6 Å². The molecule has 0 amide bonds. The van der Waals surface area contributed by atoms with E-state index in [0.29, 0.717) is 23.2 Å². The molecular formula is C10H15ClN2. The lowest BCUT2D eigenvalue weighted by atomic mass is 9.97. The zero-order valence-corrected chi connectivity index (χ0v) is 8.51. The molecule has 1 rings (SSSR count). The van der Waals surface area contributed by atoms with Crippen LogP contribution in [0, 0.1) is 0 Å². The minimum Gasteiger partial charge on any atom is -0.398 e. The van der Waals surface area contributed by atoms with Crippen LogP contribution < -0.4 is 11.5 Å². The van der Waals surface area contributed by atoms with Gasteiger partial charge in [-0.25, -0.2) is 0 Å². The molecule has 1 unspecified atom stereocenters. The second kappa shape index (κ2) is 4.49. The number of anilines is 1. The molecule has 1 aromatic rings. The second-order valence-electron chi connectivity index (χ2n) is 3.26. The molecule has 0 saturated heterocycles. The fourth-order valence-electron chi connectivity index (χ4n) is 1.29. The molecule has 4 N–H and O–H groups in total. The first kappa shape index (κ1) is 10.4. The summed E-state index contributed by atoms with van der Waals surface area (Å²) >= 11 is 5.81. The predicted octanol–water partition coefficient (Wildman–Crippen LogP) is 2.37. The summed E-state index contributed by atoms with van der Waals surface area (Å²) in [5.41, 5.74) is 13.0. The second-order valence-corrected chi connectivity index (χ2v) is 3.67. The van der Waals surface area contributed by atoms with Crippen molar-refractivity contribution in [1.82, 2.24) is 0 Å². The van der Waals surface area contributed by atoms with E-state index in [0.717, 1.165) is 6.42 Å². The molecule has 0 fully saturated rings. The van der Waals surface area contributed by atoms with Crippen LogP contribution in [0.15, 0.2) is 18.2 Å². The third-order valence-electron chi connectivity index (χ3n) is 2.19. The fourth-order valence-corrected chi connectivity index (χ4v) is 1.40. The summed E-state index contributed by atoms with van der Waals surface area (Å²) in [5.74, 6) is 0.449. The molecular weight excluding hydrogens is 184 g/mol. The van der Waals surface area contributed by atoms with Gasteiger partial charge in [0.25, 0.3) is 0 Å². The van der Waals surface area contributed by atoms with Crippen molar-refractivity contribution in [1.29, 1.82) is 0 Å². The highest BCUT2D eigenvalue weighted by Crippen LogP contribution is 2.25. The van der Waals surface area contributed by atoms with E-state index in [4.69, 9.17) is 23.1 Å². The summed E-state index contributed by atoms with van der Waals surface area (Å²) in [6, 6.07) is 5.75. The van der Waals surface area contributed by atoms with Crippen molar-refractivity contribution in [3.05, 3.63) is 28.8 Å². The van der Waals surface area contributed by atoms with Crippen LogP contribution in [0.1, 0.15) is 24.8 Å². The van der Waals surface area contributed by atoms with E-state index in [1.165, 1.54) is 5.56 Å². The quantitative estimate of drug-likeness (QED) is 0.733. The minimum atomic E-state index is 0.449. The molecule has 0 aromatic heterocycles. The van der Waals surface area contributed by atoms with Gasteiger partial charge in [0, 0.05) is 0 Å². The van der Waals surface area contributed by atoms with Gasteiger partial charge < -0.3 is 11.5 Å². The van der Waals surface area contributed by atoms with Gasteiger partial charge in [-0.15, -0.1) is 0 Å². The van der Waals surface area contributed by atoms with Gasteiger partial charge in [-0.3, -0.25) is 0 Å². The molecule has 0 aliphatic rings. The number of nitrogens with two attached hydrogens (primary N) is 2. The highest BCUT2D eigenvalue weighted by Gasteiger charge is 2.05. The smallest absolute Gasteiger partial charge is 0.0635 e. The first-order valence-electron chi connectivity index (χ1n) is 4.40. The molecule has 1 aromatic carbocycles. The van der Waals surface area contributed by atoms with Crippen LogP contribution in [0.2, 0.25) is 5.02 Å². The van der Waals surface area contributed by atoms with Gasteiger partial charge in [0.05, 0.1) is 10.7 Å². The van der Waals surface area contributed by atoms with Crippen molar-refractivity contribution in [3.8, 4) is 0 Å². The van der Waals surface area contributed by atoms with Crippen LogP contribution in [-0.4, -0.2) is 6.54 Å². The highest BCUT2D eigenvalue weighted by molar-refractivity contribution is 6.33. The molecule has 0 heterocycles. The third-order valence-corrected chi connectivity index (χ3v) is 2.53. The average Bonchev–Trinajstić information content (AvgIpc) is 2.10. The van der Waals surface area contributed by atoms with Gasteiger partial charge in [-0.1, -0.05) is 24.6 Å². The lowest BCUT2D eigenvalue weighted by Gasteiger charge is -2.11. The summed E-state index contributed by atoms with van der Waals surface area (Å²) in [4.78, 5) is 0. The van der Waals surface area contributed by atoms with Crippen LogP contribution in [-0.2, 0) is 0 Å². The zero-order chi connectivity index (χ0) is 9.84. The Kier molecular flexibility index (Phi) is 3.58. The maximum Gasteiger partial charge on any atom is 0.0635 e. The summed E-state index contributed by atoms with van der Waals surface area (Å²) < 4.78 is 0. The Balaban J connectivity index is 2.84. The summed E-state index contributed by atoms with van der Waals surface area (Å²) in [7, 11) is 0. The number of nitrogen functional groups attached to an aromatic ring is 1. The van der Waals surface area contributed by atoms with E-state index < -0.39 is 0 Å². The molecule has 2 nitrogen and oxygen atoms in total. The summed E-state index contributed by atoms with van der Waals surface area (Å²) in [6.07, 6.45) is 0.973. The van der Waals surface area contributed by atoms with E-state index in [1.54, 1.807) is 0 Å². The van der Waals surface area contributed by atoms with E-state index in [2.05, 4.69) is 6.92 Å². The summed E-state index contributed by atoms with van der Waals surface area (Å²) in [6.45, 7) is 2.83. The van der Waals surface area contributed by atoms with Crippen LogP contribution in [0.25, 0.3) is 0 Å². The topological polar surface area (TPSA) is 52.0 Å². The van der Waals surface area contributed by atoms with Crippen molar-refractivity contribution < 1.29 is 0 Å². The average molecular weight is 199 g/mol. The van der Waals surface area contributed by atoms with Gasteiger partial charge in [-0.2, -0.15) is 0 Å². The van der Waals surface area contributed by atoms with Crippen LogP contribution in [0.3, 0.4) is 0 Å². The Morgan fingerprint density at radius 2 is 2.15 bits per heavy atom. The van der Waals surface area contributed by atoms with Crippen LogP contribution in [0.5, 0.6) is 0 Å². The Hall–Kier alpha value is -0.730. The number of hydrogen-bond donors (Lipinski definition) is 2. The monoisotopic (exact) mass is 198 g/mol. The molecule has 0 aliphatic carbocycles. The number of benzene rings is 1. The van der Waals surface area contributed by atoms with E-state index in [9.17, 15) is 0 Å². The SMILES string of the molecule is CC(CCN)c1ccc(Cl)c(N)c1. The van der Waals surface area contributed by atoms with E-state index in [1.807, 2.05) is 18.2 Å². The molecule has 72 valence electrons. The van der Waals surface area contributed by atoms with Gasteiger partial charge in [0.15, 0.2) is 0 Å². The molecule has 0 saturated carbocycles. The van der Waals surface area contributed by atoms with Crippen molar-refractivity contribution in [3.63, 3.8) is 0 Å². The Morgan fingerprint density at radius 3 is 2.69 bits per heavy atom. The maximum absolute atomic E-state index is 5.81. The van der Waals surface area contributed by atoms with Gasteiger partial charge in [0.1, 0.15) is 0 Å². The van der Waals surface area contributed by atoms with Crippen molar-refractivity contribution in [2.24, 2.45) is 5.73 Å². The third kappa shape index (κ3) is 2.61. The van der Waals surface area contributed by atoms with Crippen molar-refractivity contribution in [2.45, 2.75) is 19.3 Å². The highest BCUT2D eigenvalue weighted by atomic mass is 35.5. The Labute approximate surface area is 83.9 Å². The Morgan fingerprint density at radius 1 is 1.46 bits per heavy atom. The minimum absolute atomic E-state index is 0.449. The normalized spacial score (nSPS) is 12.8. The predicted molar refractivity (Wildman–Crippen MR) is 58.0 cm³/mol. The molecule has 0 bridgehead atoms. The molecule has 1 atom stereocenters. The molecule has 3 heteroatoms. The van der Waals surface area contributed by atoms with Crippen LogP contribution in [0.4, 0.5) is 5.69 Å². The molecule has 0 spiro atoms. The van der Waals surface area contributed by atoms with E-state index in [-0.39, 0.29) is 0 Å². The standard InChI is InChI=1S/C10H15ClN2/c1-7(4-5-12)8-2-3-9(11)10(13)6-8/h2-3,6-7H,4-5,12-13H2,1H3. The number of rotatable bonds is 3. The first-order chi connectivity index (χ1) is 6.15. The number of hydrogen-bond acceptors (Lipinski definition) is 2. The van der Waals surface area contributed by atoms with Crippen molar-refractivity contribution >= 4 is 17.3 Å². The Bertz CT molecular complexity index is 286. The van der Waals surface area contributed by atoms with Gasteiger partial charge >= 0.3 is 0 Å². The fraction of sp³-hybridized carbons (Fsp3) is 0.400.